The van der Waals surface area contributed by atoms with Crippen molar-refractivity contribution in [1.82, 2.24) is 5.32 Å². The molecule has 0 radical (unpaired) electrons. The van der Waals surface area contributed by atoms with Crippen LogP contribution in [0.3, 0.4) is 0 Å². The van der Waals surface area contributed by atoms with Crippen molar-refractivity contribution in [1.29, 1.82) is 0 Å². The Balaban J connectivity index is 2.53. The summed E-state index contributed by atoms with van der Waals surface area (Å²) in [5.74, 6) is 0. The predicted octanol–water partition coefficient (Wildman–Crippen LogP) is 3.10. The van der Waals surface area contributed by atoms with Gasteiger partial charge >= 0.3 is 6.18 Å². The fourth-order valence-corrected chi connectivity index (χ4v) is 2.59. The normalized spacial score (nSPS) is 25.2. The van der Waals surface area contributed by atoms with Crippen LogP contribution in [0.25, 0.3) is 0 Å². The van der Waals surface area contributed by atoms with E-state index in [1.807, 2.05) is 19.9 Å². The summed E-state index contributed by atoms with van der Waals surface area (Å²) >= 11 is 0. The second kappa shape index (κ2) is 4.02. The van der Waals surface area contributed by atoms with Gasteiger partial charge in [0.1, 0.15) is 5.41 Å². The Hall–Kier alpha value is -1.03. The van der Waals surface area contributed by atoms with Gasteiger partial charge in [0.2, 0.25) is 0 Å². The zero-order chi connectivity index (χ0) is 12.7. The zero-order valence-electron chi connectivity index (χ0n) is 9.99. The van der Waals surface area contributed by atoms with Crippen LogP contribution < -0.4 is 5.32 Å². The number of aryl methyl sites for hydroxylation is 2. The third-order valence-corrected chi connectivity index (χ3v) is 3.47. The standard InChI is InChI=1S/C13H16F3N/c1-9-5-10(2)7-11(6-9)12(13(14,15)16)3-4-17-8-12/h5-7,17H,3-4,8H2,1-2H3. The Morgan fingerprint density at radius 1 is 1.12 bits per heavy atom. The fourth-order valence-electron chi connectivity index (χ4n) is 2.59. The summed E-state index contributed by atoms with van der Waals surface area (Å²) in [6.45, 7) is 4.08. The van der Waals surface area contributed by atoms with E-state index in [2.05, 4.69) is 5.32 Å². The van der Waals surface area contributed by atoms with Gasteiger partial charge in [-0.2, -0.15) is 13.2 Å². The highest BCUT2D eigenvalue weighted by molar-refractivity contribution is 5.36. The molecule has 1 heterocycles. The summed E-state index contributed by atoms with van der Waals surface area (Å²) < 4.78 is 40.0. The van der Waals surface area contributed by atoms with Crippen molar-refractivity contribution >= 4 is 0 Å². The van der Waals surface area contributed by atoms with Crippen LogP contribution in [-0.4, -0.2) is 19.3 Å². The van der Waals surface area contributed by atoms with Crippen molar-refractivity contribution in [2.24, 2.45) is 0 Å². The summed E-state index contributed by atoms with van der Waals surface area (Å²) in [7, 11) is 0. The van der Waals surface area contributed by atoms with Crippen LogP contribution in [0.1, 0.15) is 23.1 Å². The number of nitrogens with one attached hydrogen (secondary N) is 1. The summed E-state index contributed by atoms with van der Waals surface area (Å²) in [4.78, 5) is 0. The van der Waals surface area contributed by atoms with Gasteiger partial charge in [-0.3, -0.25) is 0 Å². The van der Waals surface area contributed by atoms with Crippen LogP contribution in [-0.2, 0) is 5.41 Å². The van der Waals surface area contributed by atoms with E-state index in [1.54, 1.807) is 12.1 Å². The minimum atomic E-state index is -4.20. The van der Waals surface area contributed by atoms with Gasteiger partial charge in [0.25, 0.3) is 0 Å². The van der Waals surface area contributed by atoms with Gasteiger partial charge in [-0.05, 0) is 32.4 Å². The van der Waals surface area contributed by atoms with E-state index in [4.69, 9.17) is 0 Å². The van der Waals surface area contributed by atoms with Crippen LogP contribution in [0.4, 0.5) is 13.2 Å². The molecular weight excluding hydrogens is 227 g/mol. The molecule has 0 saturated carbocycles. The molecule has 1 atom stereocenters. The highest BCUT2D eigenvalue weighted by atomic mass is 19.4. The van der Waals surface area contributed by atoms with E-state index < -0.39 is 11.6 Å². The number of hydrogen-bond donors (Lipinski definition) is 1. The molecule has 1 aromatic rings. The molecule has 1 aromatic carbocycles. The number of alkyl halides is 3. The summed E-state index contributed by atoms with van der Waals surface area (Å²) in [5, 5.41) is 2.84. The maximum Gasteiger partial charge on any atom is 0.399 e. The molecule has 1 unspecified atom stereocenters. The van der Waals surface area contributed by atoms with Crippen molar-refractivity contribution in [2.75, 3.05) is 13.1 Å². The van der Waals surface area contributed by atoms with Crippen LogP contribution in [0, 0.1) is 13.8 Å². The number of halogens is 3. The molecule has 4 heteroatoms. The third-order valence-electron chi connectivity index (χ3n) is 3.47. The molecule has 17 heavy (non-hydrogen) atoms. The molecule has 2 rings (SSSR count). The zero-order valence-corrected chi connectivity index (χ0v) is 9.99. The SMILES string of the molecule is Cc1cc(C)cc(C2(C(F)(F)F)CCNC2)c1. The molecule has 0 amide bonds. The first-order valence-electron chi connectivity index (χ1n) is 5.71. The highest BCUT2D eigenvalue weighted by Gasteiger charge is 2.57. The van der Waals surface area contributed by atoms with Crippen LogP contribution in [0.5, 0.6) is 0 Å². The van der Waals surface area contributed by atoms with Crippen molar-refractivity contribution in [3.05, 3.63) is 34.9 Å². The molecule has 0 spiro atoms. The average molecular weight is 243 g/mol. The van der Waals surface area contributed by atoms with E-state index in [0.717, 1.165) is 11.1 Å². The Bertz CT molecular complexity index is 397. The lowest BCUT2D eigenvalue weighted by Crippen LogP contribution is -2.44. The molecule has 1 nitrogen and oxygen atoms in total. The third kappa shape index (κ3) is 2.06. The fraction of sp³-hybridized carbons (Fsp3) is 0.538. The van der Waals surface area contributed by atoms with Crippen LogP contribution >= 0.6 is 0 Å². The average Bonchev–Trinajstić information content (AvgIpc) is 2.64. The maximum absolute atomic E-state index is 13.3. The first kappa shape index (κ1) is 12.4. The lowest BCUT2D eigenvalue weighted by Gasteiger charge is -2.32. The molecular formula is C13H16F3N. The Morgan fingerprint density at radius 2 is 1.71 bits per heavy atom. The predicted molar refractivity (Wildman–Crippen MR) is 61.1 cm³/mol. The van der Waals surface area contributed by atoms with Gasteiger partial charge in [0, 0.05) is 6.54 Å². The van der Waals surface area contributed by atoms with E-state index in [-0.39, 0.29) is 13.0 Å². The largest absolute Gasteiger partial charge is 0.399 e. The molecule has 1 aliphatic heterocycles. The monoisotopic (exact) mass is 243 g/mol. The van der Waals surface area contributed by atoms with Gasteiger partial charge in [0.15, 0.2) is 0 Å². The van der Waals surface area contributed by atoms with Crippen molar-refractivity contribution in [2.45, 2.75) is 31.9 Å². The van der Waals surface area contributed by atoms with Gasteiger partial charge < -0.3 is 5.32 Å². The number of hydrogen-bond acceptors (Lipinski definition) is 1. The lowest BCUT2D eigenvalue weighted by atomic mass is 9.78. The van der Waals surface area contributed by atoms with Crippen LogP contribution in [0.15, 0.2) is 18.2 Å². The highest BCUT2D eigenvalue weighted by Crippen LogP contribution is 2.45. The van der Waals surface area contributed by atoms with Gasteiger partial charge in [-0.15, -0.1) is 0 Å². The minimum Gasteiger partial charge on any atom is -0.315 e. The molecule has 94 valence electrons. The van der Waals surface area contributed by atoms with Crippen molar-refractivity contribution in [3.63, 3.8) is 0 Å². The Kier molecular flexibility index (Phi) is 2.94. The quantitative estimate of drug-likeness (QED) is 0.799. The lowest BCUT2D eigenvalue weighted by molar-refractivity contribution is -0.185. The molecule has 1 saturated heterocycles. The summed E-state index contributed by atoms with van der Waals surface area (Å²) in [6.07, 6.45) is -4.07. The molecule has 1 aliphatic rings. The topological polar surface area (TPSA) is 12.0 Å². The first-order valence-corrected chi connectivity index (χ1v) is 5.71. The Morgan fingerprint density at radius 3 is 2.12 bits per heavy atom. The van der Waals surface area contributed by atoms with E-state index in [9.17, 15) is 13.2 Å². The molecule has 0 aromatic heterocycles. The molecule has 0 aliphatic carbocycles. The second-order valence-electron chi connectivity index (χ2n) is 4.88. The van der Waals surface area contributed by atoms with E-state index >= 15 is 0 Å². The number of rotatable bonds is 1. The van der Waals surface area contributed by atoms with E-state index in [0.29, 0.717) is 12.1 Å². The molecule has 1 fully saturated rings. The Labute approximate surface area is 99.0 Å². The summed E-state index contributed by atoms with van der Waals surface area (Å²) in [5.41, 5.74) is 0.461. The van der Waals surface area contributed by atoms with Gasteiger partial charge in [0.05, 0.1) is 0 Å². The van der Waals surface area contributed by atoms with E-state index in [1.165, 1.54) is 0 Å². The van der Waals surface area contributed by atoms with Crippen molar-refractivity contribution < 1.29 is 13.2 Å². The smallest absolute Gasteiger partial charge is 0.315 e. The minimum absolute atomic E-state index is 0.0145. The maximum atomic E-state index is 13.3. The van der Waals surface area contributed by atoms with Crippen LogP contribution in [0.2, 0.25) is 0 Å². The summed E-state index contributed by atoms with van der Waals surface area (Å²) in [6, 6.07) is 5.22. The molecule has 0 bridgehead atoms. The second-order valence-corrected chi connectivity index (χ2v) is 4.88. The first-order chi connectivity index (χ1) is 7.85. The van der Waals surface area contributed by atoms with Crippen molar-refractivity contribution in [3.8, 4) is 0 Å². The van der Waals surface area contributed by atoms with Gasteiger partial charge in [-0.25, -0.2) is 0 Å². The van der Waals surface area contributed by atoms with Gasteiger partial charge in [-0.1, -0.05) is 29.3 Å². The number of benzene rings is 1. The molecule has 1 N–H and O–H groups in total.